The van der Waals surface area contributed by atoms with Crippen LogP contribution in [0.3, 0.4) is 0 Å². The van der Waals surface area contributed by atoms with Crippen molar-refractivity contribution in [2.24, 2.45) is 11.3 Å². The zero-order valence-corrected chi connectivity index (χ0v) is 10.9. The van der Waals surface area contributed by atoms with E-state index in [2.05, 4.69) is 24.5 Å². The van der Waals surface area contributed by atoms with E-state index in [1.807, 2.05) is 6.08 Å². The molecular formula is C13H17Cl2N. The summed E-state index contributed by atoms with van der Waals surface area (Å²) >= 11 is 12.3. The maximum atomic E-state index is 6.22. The van der Waals surface area contributed by atoms with E-state index in [1.54, 1.807) is 0 Å². The fraction of sp³-hybridized carbons (Fsp3) is 0.692. The third-order valence-corrected chi connectivity index (χ3v) is 5.51. The molecule has 16 heavy (non-hydrogen) atoms. The molecule has 88 valence electrons. The summed E-state index contributed by atoms with van der Waals surface area (Å²) in [5.74, 6) is 0.823. The minimum Gasteiger partial charge on any atom is -0.317 e. The van der Waals surface area contributed by atoms with Crippen molar-refractivity contribution >= 4 is 23.2 Å². The zero-order chi connectivity index (χ0) is 11.3. The van der Waals surface area contributed by atoms with Gasteiger partial charge in [-0.15, -0.1) is 23.2 Å². The van der Waals surface area contributed by atoms with Gasteiger partial charge in [0.2, 0.25) is 0 Å². The van der Waals surface area contributed by atoms with E-state index in [-0.39, 0.29) is 10.8 Å². The second-order valence-corrected chi connectivity index (χ2v) is 6.28. The van der Waals surface area contributed by atoms with Crippen molar-refractivity contribution in [1.29, 1.82) is 0 Å². The van der Waals surface area contributed by atoms with E-state index in [0.717, 1.165) is 5.92 Å². The highest BCUT2D eigenvalue weighted by molar-refractivity contribution is 6.31. The van der Waals surface area contributed by atoms with Crippen LogP contribution in [0.25, 0.3) is 0 Å². The minimum absolute atomic E-state index is 0.0362. The van der Waals surface area contributed by atoms with E-state index in [0.29, 0.717) is 11.5 Å². The molecular weight excluding hydrogens is 241 g/mol. The number of allylic oxidation sites excluding steroid dienone is 4. The molecule has 0 spiro atoms. The maximum Gasteiger partial charge on any atom is 0.0721 e. The van der Waals surface area contributed by atoms with Crippen LogP contribution >= 0.6 is 23.2 Å². The van der Waals surface area contributed by atoms with Gasteiger partial charge in [-0.1, -0.05) is 18.2 Å². The largest absolute Gasteiger partial charge is 0.317 e. The predicted octanol–water partition coefficient (Wildman–Crippen LogP) is 3.09. The van der Waals surface area contributed by atoms with Crippen molar-refractivity contribution in [3.8, 4) is 0 Å². The van der Waals surface area contributed by atoms with Gasteiger partial charge in [0.1, 0.15) is 0 Å². The summed E-state index contributed by atoms with van der Waals surface area (Å²) in [6.45, 7) is 0. The van der Waals surface area contributed by atoms with Gasteiger partial charge >= 0.3 is 0 Å². The van der Waals surface area contributed by atoms with Crippen LogP contribution in [0.15, 0.2) is 23.8 Å². The highest BCUT2D eigenvalue weighted by atomic mass is 35.5. The van der Waals surface area contributed by atoms with Crippen LogP contribution in [0.2, 0.25) is 0 Å². The Balaban J connectivity index is 1.81. The number of hydrogen-bond acceptors (Lipinski definition) is 1. The number of hydrogen-bond donors (Lipinski definition) is 1. The van der Waals surface area contributed by atoms with E-state index in [1.165, 1.54) is 24.8 Å². The first kappa shape index (κ1) is 11.1. The molecule has 5 unspecified atom stereocenters. The molecule has 0 aliphatic heterocycles. The van der Waals surface area contributed by atoms with Crippen LogP contribution in [0.4, 0.5) is 0 Å². The average molecular weight is 258 g/mol. The summed E-state index contributed by atoms with van der Waals surface area (Å²) in [5, 5.41) is 3.35. The first-order valence-corrected chi connectivity index (χ1v) is 6.90. The fourth-order valence-electron chi connectivity index (χ4n) is 3.54. The molecule has 0 aromatic rings. The van der Waals surface area contributed by atoms with E-state index < -0.39 is 0 Å². The summed E-state index contributed by atoms with van der Waals surface area (Å²) in [5.41, 5.74) is 1.88. The van der Waals surface area contributed by atoms with E-state index >= 15 is 0 Å². The molecule has 3 aliphatic carbocycles. The summed E-state index contributed by atoms with van der Waals surface area (Å²) in [7, 11) is 2.07. The molecule has 0 heterocycles. The van der Waals surface area contributed by atoms with Gasteiger partial charge in [0, 0.05) is 6.04 Å². The molecule has 3 rings (SSSR count). The second-order valence-electron chi connectivity index (χ2n) is 5.27. The third kappa shape index (κ3) is 1.48. The van der Waals surface area contributed by atoms with Crippen LogP contribution < -0.4 is 5.32 Å². The normalized spacial score (nSPS) is 50.1. The predicted molar refractivity (Wildman–Crippen MR) is 69.1 cm³/mol. The van der Waals surface area contributed by atoms with Crippen molar-refractivity contribution < 1.29 is 0 Å². The standard InChI is InChI=1S/C13H17Cl2N/c1-16-12-4-5-13(7-9(12)13)8-2-3-10(14)11(15)6-8/h2-3,6,9-12,16H,4-5,7H2,1H3. The van der Waals surface area contributed by atoms with Crippen molar-refractivity contribution in [2.75, 3.05) is 7.05 Å². The summed E-state index contributed by atoms with van der Waals surface area (Å²) in [4.78, 5) is 0. The summed E-state index contributed by atoms with van der Waals surface area (Å²) in [6.07, 6.45) is 10.3. The van der Waals surface area contributed by atoms with Gasteiger partial charge in [0.25, 0.3) is 0 Å². The van der Waals surface area contributed by atoms with E-state index in [4.69, 9.17) is 23.2 Å². The molecule has 0 bridgehead atoms. The Morgan fingerprint density at radius 1 is 1.38 bits per heavy atom. The fourth-order valence-corrected chi connectivity index (χ4v) is 3.90. The van der Waals surface area contributed by atoms with E-state index in [9.17, 15) is 0 Å². The van der Waals surface area contributed by atoms with Crippen LogP contribution in [0.1, 0.15) is 19.3 Å². The number of rotatable bonds is 2. The molecule has 3 aliphatic rings. The van der Waals surface area contributed by atoms with Crippen molar-refractivity contribution in [1.82, 2.24) is 5.32 Å². The summed E-state index contributed by atoms with van der Waals surface area (Å²) < 4.78 is 0. The molecule has 3 heteroatoms. The Kier molecular flexibility index (Phi) is 2.62. The molecule has 0 aromatic heterocycles. The first-order valence-electron chi connectivity index (χ1n) is 6.03. The average Bonchev–Trinajstić information content (AvgIpc) is 2.91. The Morgan fingerprint density at radius 3 is 2.75 bits per heavy atom. The molecule has 0 radical (unpaired) electrons. The molecule has 0 amide bonds. The van der Waals surface area contributed by atoms with Crippen LogP contribution in [0.5, 0.6) is 0 Å². The molecule has 5 atom stereocenters. The molecule has 2 fully saturated rings. The lowest BCUT2D eigenvalue weighted by atomic mass is 9.89. The van der Waals surface area contributed by atoms with Gasteiger partial charge in [-0.3, -0.25) is 0 Å². The van der Waals surface area contributed by atoms with Gasteiger partial charge in [0.05, 0.1) is 10.8 Å². The lowest BCUT2D eigenvalue weighted by Crippen LogP contribution is -2.24. The van der Waals surface area contributed by atoms with Gasteiger partial charge in [-0.05, 0) is 43.2 Å². The zero-order valence-electron chi connectivity index (χ0n) is 9.42. The maximum absolute atomic E-state index is 6.22. The Morgan fingerprint density at radius 2 is 2.19 bits per heavy atom. The molecule has 1 N–H and O–H groups in total. The SMILES string of the molecule is CNC1CCC2(C3=CC(Cl)C(Cl)C=C3)CC12. The summed E-state index contributed by atoms with van der Waals surface area (Å²) in [6, 6.07) is 0.705. The highest BCUT2D eigenvalue weighted by Gasteiger charge is 2.62. The lowest BCUT2D eigenvalue weighted by molar-refractivity contribution is 0.519. The van der Waals surface area contributed by atoms with Crippen LogP contribution in [-0.2, 0) is 0 Å². The monoisotopic (exact) mass is 257 g/mol. The Bertz CT molecular complexity index is 363. The van der Waals surface area contributed by atoms with Gasteiger partial charge in [-0.25, -0.2) is 0 Å². The number of alkyl halides is 2. The van der Waals surface area contributed by atoms with Gasteiger partial charge in [-0.2, -0.15) is 0 Å². The van der Waals surface area contributed by atoms with Gasteiger partial charge < -0.3 is 5.32 Å². The number of fused-ring (bicyclic) bond motifs is 1. The smallest absolute Gasteiger partial charge is 0.0721 e. The number of nitrogens with one attached hydrogen (secondary N) is 1. The molecule has 2 saturated carbocycles. The van der Waals surface area contributed by atoms with Crippen molar-refractivity contribution in [3.63, 3.8) is 0 Å². The molecule has 1 nitrogen and oxygen atoms in total. The molecule has 0 saturated heterocycles. The minimum atomic E-state index is -0.0412. The quantitative estimate of drug-likeness (QED) is 0.750. The second kappa shape index (κ2) is 3.76. The Labute approximate surface area is 107 Å². The third-order valence-electron chi connectivity index (χ3n) is 4.57. The van der Waals surface area contributed by atoms with Crippen molar-refractivity contribution in [2.45, 2.75) is 36.1 Å². The van der Waals surface area contributed by atoms with Crippen molar-refractivity contribution in [3.05, 3.63) is 23.8 Å². The Hall–Kier alpha value is 0.0200. The topological polar surface area (TPSA) is 12.0 Å². The first-order chi connectivity index (χ1) is 7.67. The van der Waals surface area contributed by atoms with Crippen LogP contribution in [0, 0.1) is 11.3 Å². The molecule has 0 aromatic carbocycles. The van der Waals surface area contributed by atoms with Gasteiger partial charge in [0.15, 0.2) is 0 Å². The lowest BCUT2D eigenvalue weighted by Gasteiger charge is -2.21. The van der Waals surface area contributed by atoms with Crippen LogP contribution in [-0.4, -0.2) is 23.8 Å². The highest BCUT2D eigenvalue weighted by Crippen LogP contribution is 2.68. The number of halogens is 2.